The van der Waals surface area contributed by atoms with E-state index in [9.17, 15) is 5.11 Å². The van der Waals surface area contributed by atoms with Crippen LogP contribution in [-0.4, -0.2) is 36.2 Å². The molecule has 2 nitrogen and oxygen atoms in total. The topological polar surface area (TPSA) is 23.5 Å². The Morgan fingerprint density at radius 3 is 2.20 bits per heavy atom. The van der Waals surface area contributed by atoms with Gasteiger partial charge in [0.15, 0.2) is 0 Å². The van der Waals surface area contributed by atoms with Gasteiger partial charge in [0.05, 0.1) is 6.10 Å². The second-order valence-electron chi connectivity index (χ2n) is 3.81. The molecule has 0 amide bonds. The molecule has 2 rings (SSSR count). The van der Waals surface area contributed by atoms with Crippen molar-refractivity contribution in [1.82, 2.24) is 4.90 Å². The molecular formula is C8H15NO. The van der Waals surface area contributed by atoms with E-state index in [0.29, 0.717) is 11.8 Å². The highest BCUT2D eigenvalue weighted by Gasteiger charge is 2.39. The van der Waals surface area contributed by atoms with Gasteiger partial charge in [0, 0.05) is 13.1 Å². The fourth-order valence-electron chi connectivity index (χ4n) is 2.43. The van der Waals surface area contributed by atoms with Crippen molar-refractivity contribution in [3.63, 3.8) is 0 Å². The summed E-state index contributed by atoms with van der Waals surface area (Å²) in [5.74, 6) is 1.17. The monoisotopic (exact) mass is 141 g/mol. The number of rotatable bonds is 0. The Bertz CT molecular complexity index is 123. The van der Waals surface area contributed by atoms with Crippen molar-refractivity contribution >= 4 is 0 Å². The smallest absolute Gasteiger partial charge is 0.0620 e. The number of hydrogen-bond acceptors (Lipinski definition) is 2. The molecule has 2 fully saturated rings. The summed E-state index contributed by atoms with van der Waals surface area (Å²) in [4.78, 5) is 2.34. The summed E-state index contributed by atoms with van der Waals surface area (Å²) in [6.07, 6.45) is 2.52. The van der Waals surface area contributed by atoms with Gasteiger partial charge in [0.2, 0.25) is 0 Å². The molecule has 0 aromatic heterocycles. The third kappa shape index (κ3) is 0.867. The number of aliphatic hydroxyl groups is 1. The molecule has 2 atom stereocenters. The van der Waals surface area contributed by atoms with Gasteiger partial charge in [-0.3, -0.25) is 0 Å². The SMILES string of the molecule is CN1CC2CCC(C1)C2O. The van der Waals surface area contributed by atoms with Crippen molar-refractivity contribution in [3.05, 3.63) is 0 Å². The lowest BCUT2D eigenvalue weighted by molar-refractivity contribution is 0.0265. The molecule has 1 heterocycles. The molecular weight excluding hydrogens is 126 g/mol. The zero-order valence-electron chi connectivity index (χ0n) is 6.45. The van der Waals surface area contributed by atoms with Crippen LogP contribution in [0.5, 0.6) is 0 Å². The highest BCUT2D eigenvalue weighted by molar-refractivity contribution is 4.91. The van der Waals surface area contributed by atoms with E-state index in [-0.39, 0.29) is 6.10 Å². The third-order valence-electron chi connectivity index (χ3n) is 2.97. The Balaban J connectivity index is 2.09. The maximum absolute atomic E-state index is 9.60. The predicted octanol–water partition coefficient (Wildman–Crippen LogP) is 0.319. The number of hydrogen-bond donors (Lipinski definition) is 1. The summed E-state index contributed by atoms with van der Waals surface area (Å²) >= 11 is 0. The Morgan fingerprint density at radius 1 is 1.20 bits per heavy atom. The summed E-state index contributed by atoms with van der Waals surface area (Å²) in [5, 5.41) is 9.60. The van der Waals surface area contributed by atoms with Gasteiger partial charge < -0.3 is 10.0 Å². The summed E-state index contributed by atoms with van der Waals surface area (Å²) in [6, 6.07) is 0. The van der Waals surface area contributed by atoms with Crippen molar-refractivity contribution in [2.45, 2.75) is 18.9 Å². The van der Waals surface area contributed by atoms with Crippen LogP contribution in [0.1, 0.15) is 12.8 Å². The van der Waals surface area contributed by atoms with Crippen LogP contribution in [0.3, 0.4) is 0 Å². The maximum Gasteiger partial charge on any atom is 0.0620 e. The molecule has 0 spiro atoms. The second-order valence-corrected chi connectivity index (χ2v) is 3.81. The average Bonchev–Trinajstić information content (AvgIpc) is 2.20. The second kappa shape index (κ2) is 2.21. The van der Waals surface area contributed by atoms with Gasteiger partial charge in [0.1, 0.15) is 0 Å². The van der Waals surface area contributed by atoms with Crippen LogP contribution in [0.2, 0.25) is 0 Å². The predicted molar refractivity (Wildman–Crippen MR) is 39.7 cm³/mol. The highest BCUT2D eigenvalue weighted by atomic mass is 16.3. The van der Waals surface area contributed by atoms with Gasteiger partial charge in [-0.25, -0.2) is 0 Å². The van der Waals surface area contributed by atoms with Crippen LogP contribution < -0.4 is 0 Å². The van der Waals surface area contributed by atoms with E-state index in [0.717, 1.165) is 13.1 Å². The lowest BCUT2D eigenvalue weighted by atomic mass is 9.96. The van der Waals surface area contributed by atoms with Crippen molar-refractivity contribution in [3.8, 4) is 0 Å². The Kier molecular flexibility index (Phi) is 1.46. The fraction of sp³-hybridized carbons (Fsp3) is 1.00. The van der Waals surface area contributed by atoms with Gasteiger partial charge in [-0.1, -0.05) is 0 Å². The number of fused-ring (bicyclic) bond motifs is 2. The van der Waals surface area contributed by atoms with Crippen LogP contribution >= 0.6 is 0 Å². The molecule has 2 bridgehead atoms. The standard InChI is InChI=1S/C8H15NO/c1-9-4-6-2-3-7(5-9)8(6)10/h6-8,10H,2-5H2,1H3. The molecule has 1 aliphatic heterocycles. The number of aliphatic hydroxyl groups excluding tert-OH is 1. The van der Waals surface area contributed by atoms with Gasteiger partial charge >= 0.3 is 0 Å². The molecule has 58 valence electrons. The highest BCUT2D eigenvalue weighted by Crippen LogP contribution is 2.35. The van der Waals surface area contributed by atoms with Crippen LogP contribution in [0.25, 0.3) is 0 Å². The van der Waals surface area contributed by atoms with Crippen molar-refractivity contribution < 1.29 is 5.11 Å². The van der Waals surface area contributed by atoms with E-state index in [1.54, 1.807) is 0 Å². The van der Waals surface area contributed by atoms with Crippen molar-refractivity contribution in [2.75, 3.05) is 20.1 Å². The maximum atomic E-state index is 9.60. The Labute approximate surface area is 61.8 Å². The molecule has 2 unspecified atom stereocenters. The Hall–Kier alpha value is -0.0800. The molecule has 2 aliphatic rings. The third-order valence-corrected chi connectivity index (χ3v) is 2.97. The molecule has 1 saturated heterocycles. The summed E-state index contributed by atoms with van der Waals surface area (Å²) in [6.45, 7) is 2.22. The number of nitrogens with zero attached hydrogens (tertiary/aromatic N) is 1. The normalized spacial score (nSPS) is 48.0. The largest absolute Gasteiger partial charge is 0.392 e. The van der Waals surface area contributed by atoms with E-state index in [1.165, 1.54) is 12.8 Å². The lowest BCUT2D eigenvalue weighted by Gasteiger charge is -2.32. The quantitative estimate of drug-likeness (QED) is 0.525. The first kappa shape index (κ1) is 6.62. The van der Waals surface area contributed by atoms with Gasteiger partial charge in [0.25, 0.3) is 0 Å². The first-order valence-corrected chi connectivity index (χ1v) is 4.14. The summed E-state index contributed by atoms with van der Waals surface area (Å²) < 4.78 is 0. The molecule has 0 aromatic rings. The Morgan fingerprint density at radius 2 is 1.70 bits per heavy atom. The van der Waals surface area contributed by atoms with Crippen molar-refractivity contribution in [1.29, 1.82) is 0 Å². The van der Waals surface area contributed by atoms with Crippen LogP contribution in [0.15, 0.2) is 0 Å². The van der Waals surface area contributed by atoms with Crippen molar-refractivity contribution in [2.24, 2.45) is 11.8 Å². The minimum atomic E-state index is 0.0243. The molecule has 0 radical (unpaired) electrons. The average molecular weight is 141 g/mol. The summed E-state index contributed by atoms with van der Waals surface area (Å²) in [7, 11) is 2.15. The van der Waals surface area contributed by atoms with E-state index >= 15 is 0 Å². The number of piperidine rings is 1. The first-order chi connectivity index (χ1) is 4.77. The minimum Gasteiger partial charge on any atom is -0.392 e. The first-order valence-electron chi connectivity index (χ1n) is 4.14. The molecule has 0 aromatic carbocycles. The zero-order chi connectivity index (χ0) is 7.14. The van der Waals surface area contributed by atoms with Gasteiger partial charge in [-0.05, 0) is 31.7 Å². The minimum absolute atomic E-state index is 0.0243. The van der Waals surface area contributed by atoms with E-state index in [4.69, 9.17) is 0 Å². The van der Waals surface area contributed by atoms with E-state index < -0.39 is 0 Å². The number of likely N-dealkylation sites (tertiary alicyclic amines) is 1. The molecule has 1 aliphatic carbocycles. The van der Waals surface area contributed by atoms with Gasteiger partial charge in [-0.2, -0.15) is 0 Å². The molecule has 10 heavy (non-hydrogen) atoms. The van der Waals surface area contributed by atoms with Crippen LogP contribution in [0.4, 0.5) is 0 Å². The molecule has 1 N–H and O–H groups in total. The molecule has 1 saturated carbocycles. The fourth-order valence-corrected chi connectivity index (χ4v) is 2.43. The summed E-state index contributed by atoms with van der Waals surface area (Å²) in [5.41, 5.74) is 0. The van der Waals surface area contributed by atoms with E-state index in [1.807, 2.05) is 0 Å². The van der Waals surface area contributed by atoms with E-state index in [2.05, 4.69) is 11.9 Å². The van der Waals surface area contributed by atoms with Crippen LogP contribution in [-0.2, 0) is 0 Å². The van der Waals surface area contributed by atoms with Gasteiger partial charge in [-0.15, -0.1) is 0 Å². The molecule has 2 heteroatoms. The lowest BCUT2D eigenvalue weighted by Crippen LogP contribution is -2.42. The van der Waals surface area contributed by atoms with Crippen LogP contribution in [0, 0.1) is 11.8 Å². The zero-order valence-corrected chi connectivity index (χ0v) is 6.45.